The SMILES string of the molecule is CC/C(C)=C/SC1(N2CCNCC2)C=CC1. The lowest BCUT2D eigenvalue weighted by Gasteiger charge is -2.46. The Labute approximate surface area is 103 Å². The van der Waals surface area contributed by atoms with Gasteiger partial charge in [0.2, 0.25) is 0 Å². The van der Waals surface area contributed by atoms with Crippen molar-refractivity contribution < 1.29 is 0 Å². The second-order valence-electron chi connectivity index (χ2n) is 4.62. The molecule has 1 fully saturated rings. The Morgan fingerprint density at radius 2 is 2.19 bits per heavy atom. The third-order valence-corrected chi connectivity index (χ3v) is 4.95. The molecular weight excluding hydrogens is 216 g/mol. The summed E-state index contributed by atoms with van der Waals surface area (Å²) in [5, 5.41) is 5.77. The highest BCUT2D eigenvalue weighted by atomic mass is 32.2. The molecule has 1 N–H and O–H groups in total. The van der Waals surface area contributed by atoms with Crippen molar-refractivity contribution in [2.24, 2.45) is 0 Å². The molecule has 0 bridgehead atoms. The van der Waals surface area contributed by atoms with Crippen LogP contribution >= 0.6 is 11.8 Å². The summed E-state index contributed by atoms with van der Waals surface area (Å²) < 4.78 is 0. The number of hydrogen-bond acceptors (Lipinski definition) is 3. The average molecular weight is 238 g/mol. The van der Waals surface area contributed by atoms with Gasteiger partial charge in [-0.25, -0.2) is 0 Å². The van der Waals surface area contributed by atoms with Crippen LogP contribution in [0.5, 0.6) is 0 Å². The molecule has 0 spiro atoms. The number of thioether (sulfide) groups is 1. The molecule has 1 saturated heterocycles. The molecule has 0 saturated carbocycles. The van der Waals surface area contributed by atoms with Gasteiger partial charge in [0.15, 0.2) is 0 Å². The van der Waals surface area contributed by atoms with Crippen LogP contribution in [-0.4, -0.2) is 35.9 Å². The normalized spacial score (nSPS) is 31.5. The number of hydrogen-bond donors (Lipinski definition) is 1. The van der Waals surface area contributed by atoms with Gasteiger partial charge in [0.1, 0.15) is 0 Å². The molecule has 1 aliphatic carbocycles. The van der Waals surface area contributed by atoms with E-state index in [1.165, 1.54) is 25.1 Å². The maximum absolute atomic E-state index is 3.42. The number of rotatable bonds is 4. The van der Waals surface area contributed by atoms with Crippen LogP contribution in [0.25, 0.3) is 0 Å². The van der Waals surface area contributed by atoms with Crippen molar-refractivity contribution in [1.82, 2.24) is 10.2 Å². The summed E-state index contributed by atoms with van der Waals surface area (Å²) in [7, 11) is 0. The van der Waals surface area contributed by atoms with E-state index < -0.39 is 0 Å². The number of piperazine rings is 1. The summed E-state index contributed by atoms with van der Waals surface area (Å²) >= 11 is 2.00. The van der Waals surface area contributed by atoms with Gasteiger partial charge in [-0.2, -0.15) is 0 Å². The van der Waals surface area contributed by atoms with Crippen LogP contribution in [-0.2, 0) is 0 Å². The molecule has 1 aliphatic heterocycles. The average Bonchev–Trinajstić information content (AvgIpc) is 2.29. The molecule has 1 unspecified atom stereocenters. The number of nitrogens with one attached hydrogen (secondary N) is 1. The first-order valence-electron chi connectivity index (χ1n) is 6.24. The van der Waals surface area contributed by atoms with Crippen LogP contribution in [0.2, 0.25) is 0 Å². The van der Waals surface area contributed by atoms with Gasteiger partial charge >= 0.3 is 0 Å². The van der Waals surface area contributed by atoms with E-state index in [-0.39, 0.29) is 4.87 Å². The molecule has 90 valence electrons. The van der Waals surface area contributed by atoms with Crippen LogP contribution in [0.1, 0.15) is 26.7 Å². The topological polar surface area (TPSA) is 15.3 Å². The smallest absolute Gasteiger partial charge is 0.0932 e. The van der Waals surface area contributed by atoms with Crippen LogP contribution in [0, 0.1) is 0 Å². The Morgan fingerprint density at radius 3 is 2.69 bits per heavy atom. The zero-order valence-electron chi connectivity index (χ0n) is 10.3. The minimum absolute atomic E-state index is 0.276. The molecule has 2 aliphatic rings. The van der Waals surface area contributed by atoms with E-state index >= 15 is 0 Å². The van der Waals surface area contributed by atoms with Crippen molar-refractivity contribution in [3.8, 4) is 0 Å². The first kappa shape index (κ1) is 12.2. The Hall–Kier alpha value is -0.250. The molecule has 2 rings (SSSR count). The summed E-state index contributed by atoms with van der Waals surface area (Å²) in [5.41, 5.74) is 1.49. The quantitative estimate of drug-likeness (QED) is 0.758. The zero-order valence-corrected chi connectivity index (χ0v) is 11.1. The van der Waals surface area contributed by atoms with E-state index in [1.54, 1.807) is 0 Å². The molecule has 1 heterocycles. The Balaban J connectivity index is 1.99. The van der Waals surface area contributed by atoms with Crippen LogP contribution in [0.4, 0.5) is 0 Å². The molecule has 0 aromatic rings. The molecule has 0 aromatic heterocycles. The lowest BCUT2D eigenvalue weighted by atomic mass is 10.0. The molecular formula is C13H22N2S. The predicted molar refractivity (Wildman–Crippen MR) is 72.6 cm³/mol. The minimum atomic E-state index is 0.276. The van der Waals surface area contributed by atoms with E-state index in [9.17, 15) is 0 Å². The zero-order chi connectivity index (χ0) is 11.4. The summed E-state index contributed by atoms with van der Waals surface area (Å²) in [4.78, 5) is 2.89. The Kier molecular flexibility index (Phi) is 4.11. The molecule has 1 atom stereocenters. The van der Waals surface area contributed by atoms with Gasteiger partial charge in [-0.05, 0) is 25.2 Å². The fourth-order valence-electron chi connectivity index (χ4n) is 2.05. The standard InChI is InChI=1S/C13H22N2S/c1-3-12(2)11-16-13(5-4-6-13)15-9-7-14-8-10-15/h4-5,11,14H,3,6-10H2,1-2H3/b12-11+. The third-order valence-electron chi connectivity index (χ3n) is 3.46. The second-order valence-corrected chi connectivity index (χ2v) is 5.80. The van der Waals surface area contributed by atoms with Crippen molar-refractivity contribution >= 4 is 11.8 Å². The molecule has 3 heteroatoms. The van der Waals surface area contributed by atoms with Gasteiger partial charge in [-0.3, -0.25) is 4.90 Å². The van der Waals surface area contributed by atoms with Crippen LogP contribution in [0.15, 0.2) is 23.1 Å². The largest absolute Gasteiger partial charge is 0.314 e. The summed E-state index contributed by atoms with van der Waals surface area (Å²) in [6, 6.07) is 0. The van der Waals surface area contributed by atoms with Gasteiger partial charge in [0.25, 0.3) is 0 Å². The summed E-state index contributed by atoms with van der Waals surface area (Å²) in [6.45, 7) is 9.06. The Bertz CT molecular complexity index is 292. The summed E-state index contributed by atoms with van der Waals surface area (Å²) in [6.07, 6.45) is 7.03. The first-order valence-corrected chi connectivity index (χ1v) is 7.12. The fraction of sp³-hybridized carbons (Fsp3) is 0.692. The Morgan fingerprint density at radius 1 is 1.50 bits per heavy atom. The summed E-state index contributed by atoms with van der Waals surface area (Å²) in [5.74, 6) is 0. The van der Waals surface area contributed by atoms with Crippen LogP contribution < -0.4 is 5.32 Å². The first-order chi connectivity index (χ1) is 7.77. The van der Waals surface area contributed by atoms with Crippen molar-refractivity contribution in [1.29, 1.82) is 0 Å². The lowest BCUT2D eigenvalue weighted by Crippen LogP contribution is -2.55. The van der Waals surface area contributed by atoms with E-state index in [0.29, 0.717) is 0 Å². The van der Waals surface area contributed by atoms with E-state index in [1.807, 2.05) is 11.8 Å². The third kappa shape index (κ3) is 2.53. The van der Waals surface area contributed by atoms with Crippen molar-refractivity contribution in [2.45, 2.75) is 31.6 Å². The van der Waals surface area contributed by atoms with Gasteiger partial charge in [0.05, 0.1) is 4.87 Å². The maximum atomic E-state index is 3.42. The van der Waals surface area contributed by atoms with E-state index in [4.69, 9.17) is 0 Å². The van der Waals surface area contributed by atoms with Gasteiger partial charge in [-0.1, -0.05) is 24.6 Å². The minimum Gasteiger partial charge on any atom is -0.314 e. The second kappa shape index (κ2) is 5.39. The van der Waals surface area contributed by atoms with Crippen molar-refractivity contribution in [3.63, 3.8) is 0 Å². The molecule has 0 radical (unpaired) electrons. The molecule has 0 aromatic carbocycles. The number of nitrogens with zero attached hydrogens (tertiary/aromatic N) is 1. The number of allylic oxidation sites excluding steroid dienone is 1. The highest BCUT2D eigenvalue weighted by Gasteiger charge is 2.38. The fourth-order valence-corrected chi connectivity index (χ4v) is 3.32. The highest BCUT2D eigenvalue weighted by Crippen LogP contribution is 2.42. The van der Waals surface area contributed by atoms with E-state index in [2.05, 4.69) is 41.6 Å². The van der Waals surface area contributed by atoms with Crippen molar-refractivity contribution in [2.75, 3.05) is 26.2 Å². The molecule has 0 amide bonds. The maximum Gasteiger partial charge on any atom is 0.0932 e. The predicted octanol–water partition coefficient (Wildman–Crippen LogP) is 2.59. The molecule has 2 nitrogen and oxygen atoms in total. The highest BCUT2D eigenvalue weighted by molar-refractivity contribution is 8.03. The van der Waals surface area contributed by atoms with Crippen LogP contribution in [0.3, 0.4) is 0 Å². The van der Waals surface area contributed by atoms with Gasteiger partial charge < -0.3 is 5.32 Å². The monoisotopic (exact) mass is 238 g/mol. The van der Waals surface area contributed by atoms with E-state index in [0.717, 1.165) is 19.5 Å². The molecule has 16 heavy (non-hydrogen) atoms. The van der Waals surface area contributed by atoms with Gasteiger partial charge in [-0.15, -0.1) is 11.8 Å². The van der Waals surface area contributed by atoms with Crippen molar-refractivity contribution in [3.05, 3.63) is 23.1 Å². The lowest BCUT2D eigenvalue weighted by molar-refractivity contribution is 0.170. The van der Waals surface area contributed by atoms with Gasteiger partial charge in [0, 0.05) is 26.2 Å².